The first-order valence-corrected chi connectivity index (χ1v) is 8.28. The van der Waals surface area contributed by atoms with Crippen LogP contribution in [0.3, 0.4) is 0 Å². The second-order valence-electron chi connectivity index (χ2n) is 5.82. The largest absolute Gasteiger partial charge is 0.493 e. The molecule has 1 amide bonds. The van der Waals surface area contributed by atoms with Crippen LogP contribution in [0.2, 0.25) is 0 Å². The third kappa shape index (κ3) is 5.41. The van der Waals surface area contributed by atoms with Crippen molar-refractivity contribution in [2.45, 2.75) is 26.9 Å². The summed E-state index contributed by atoms with van der Waals surface area (Å²) in [5, 5.41) is 2.81. The van der Waals surface area contributed by atoms with Crippen LogP contribution in [0.5, 0.6) is 17.2 Å². The fourth-order valence-corrected chi connectivity index (χ4v) is 2.39. The standard InChI is InChI=1S/C20H25NO4/c1-14-9-10-17(15(2)13-14)25-16(3)20(22)21-11-12-24-19-8-6-5-7-18(19)23-4/h5-10,13,16H,11-12H2,1-4H3,(H,21,22). The molecule has 0 spiro atoms. The Bertz CT molecular complexity index is 715. The average Bonchev–Trinajstić information content (AvgIpc) is 2.61. The lowest BCUT2D eigenvalue weighted by Crippen LogP contribution is -2.38. The molecule has 0 aliphatic carbocycles. The predicted octanol–water partition coefficient (Wildman–Crippen LogP) is 3.27. The number of benzene rings is 2. The van der Waals surface area contributed by atoms with E-state index in [0.29, 0.717) is 24.7 Å². The van der Waals surface area contributed by atoms with E-state index in [1.165, 1.54) is 0 Å². The number of amides is 1. The molecule has 5 heteroatoms. The summed E-state index contributed by atoms with van der Waals surface area (Å²) in [5.41, 5.74) is 2.18. The van der Waals surface area contributed by atoms with E-state index in [0.717, 1.165) is 16.9 Å². The molecule has 0 saturated carbocycles. The van der Waals surface area contributed by atoms with Crippen molar-refractivity contribution in [3.63, 3.8) is 0 Å². The van der Waals surface area contributed by atoms with E-state index in [9.17, 15) is 4.79 Å². The molecule has 2 rings (SSSR count). The number of para-hydroxylation sites is 2. The first-order chi connectivity index (χ1) is 12.0. The van der Waals surface area contributed by atoms with Gasteiger partial charge in [0.15, 0.2) is 17.6 Å². The molecule has 134 valence electrons. The van der Waals surface area contributed by atoms with Crippen LogP contribution >= 0.6 is 0 Å². The number of aryl methyl sites for hydroxylation is 2. The molecule has 1 atom stereocenters. The minimum atomic E-state index is -0.576. The Morgan fingerprint density at radius 2 is 1.80 bits per heavy atom. The molecule has 2 aromatic carbocycles. The molecule has 0 aromatic heterocycles. The van der Waals surface area contributed by atoms with Crippen molar-refractivity contribution in [2.75, 3.05) is 20.3 Å². The summed E-state index contributed by atoms with van der Waals surface area (Å²) in [4.78, 5) is 12.1. The molecule has 0 radical (unpaired) electrons. The second-order valence-corrected chi connectivity index (χ2v) is 5.82. The Balaban J connectivity index is 1.77. The molecule has 1 N–H and O–H groups in total. The SMILES string of the molecule is COc1ccccc1OCCNC(=O)C(C)Oc1ccc(C)cc1C. The highest BCUT2D eigenvalue weighted by molar-refractivity contribution is 5.80. The number of nitrogens with one attached hydrogen (secondary N) is 1. The monoisotopic (exact) mass is 343 g/mol. The molecule has 0 heterocycles. The van der Waals surface area contributed by atoms with E-state index in [2.05, 4.69) is 5.32 Å². The predicted molar refractivity (Wildman–Crippen MR) is 97.5 cm³/mol. The molecule has 0 aliphatic heterocycles. The van der Waals surface area contributed by atoms with Crippen molar-refractivity contribution in [1.29, 1.82) is 0 Å². The van der Waals surface area contributed by atoms with Gasteiger partial charge in [-0.2, -0.15) is 0 Å². The lowest BCUT2D eigenvalue weighted by Gasteiger charge is -2.17. The van der Waals surface area contributed by atoms with Crippen LogP contribution in [0.4, 0.5) is 0 Å². The summed E-state index contributed by atoms with van der Waals surface area (Å²) in [6.07, 6.45) is -0.576. The third-order valence-corrected chi connectivity index (χ3v) is 3.73. The van der Waals surface area contributed by atoms with Crippen LogP contribution < -0.4 is 19.5 Å². The smallest absolute Gasteiger partial charge is 0.260 e. The molecule has 25 heavy (non-hydrogen) atoms. The summed E-state index contributed by atoms with van der Waals surface area (Å²) >= 11 is 0. The van der Waals surface area contributed by atoms with Crippen LogP contribution in [-0.2, 0) is 4.79 Å². The Morgan fingerprint density at radius 1 is 1.08 bits per heavy atom. The second kappa shape index (κ2) is 8.97. The van der Waals surface area contributed by atoms with E-state index in [4.69, 9.17) is 14.2 Å². The van der Waals surface area contributed by atoms with E-state index >= 15 is 0 Å². The quantitative estimate of drug-likeness (QED) is 0.748. The van der Waals surface area contributed by atoms with Gasteiger partial charge in [0.2, 0.25) is 0 Å². The highest BCUT2D eigenvalue weighted by atomic mass is 16.5. The number of hydrogen-bond acceptors (Lipinski definition) is 4. The zero-order chi connectivity index (χ0) is 18.2. The lowest BCUT2D eigenvalue weighted by atomic mass is 10.1. The zero-order valence-corrected chi connectivity index (χ0v) is 15.2. The molecule has 1 unspecified atom stereocenters. The minimum absolute atomic E-state index is 0.177. The number of carbonyl (C=O) groups is 1. The first-order valence-electron chi connectivity index (χ1n) is 8.28. The van der Waals surface area contributed by atoms with Crippen LogP contribution in [0.25, 0.3) is 0 Å². The van der Waals surface area contributed by atoms with Gasteiger partial charge in [-0.05, 0) is 44.5 Å². The highest BCUT2D eigenvalue weighted by Crippen LogP contribution is 2.25. The molecule has 0 aliphatic rings. The number of hydrogen-bond donors (Lipinski definition) is 1. The first kappa shape index (κ1) is 18.6. The van der Waals surface area contributed by atoms with Gasteiger partial charge in [0.1, 0.15) is 12.4 Å². The molecule has 2 aromatic rings. The summed E-state index contributed by atoms with van der Waals surface area (Å²) in [7, 11) is 1.59. The zero-order valence-electron chi connectivity index (χ0n) is 15.2. The number of methoxy groups -OCH3 is 1. The van der Waals surface area contributed by atoms with Crippen molar-refractivity contribution in [1.82, 2.24) is 5.32 Å². The van der Waals surface area contributed by atoms with Gasteiger partial charge in [-0.15, -0.1) is 0 Å². The fraction of sp³-hybridized carbons (Fsp3) is 0.350. The van der Waals surface area contributed by atoms with E-state index < -0.39 is 6.10 Å². The Kier molecular flexibility index (Phi) is 6.69. The van der Waals surface area contributed by atoms with Crippen LogP contribution in [0.1, 0.15) is 18.1 Å². The van der Waals surface area contributed by atoms with Gasteiger partial charge in [0.25, 0.3) is 5.91 Å². The van der Waals surface area contributed by atoms with Gasteiger partial charge < -0.3 is 19.5 Å². The summed E-state index contributed by atoms with van der Waals surface area (Å²) in [5.74, 6) is 1.86. The molecular weight excluding hydrogens is 318 g/mol. The van der Waals surface area contributed by atoms with E-state index in [1.807, 2.05) is 56.3 Å². The maximum absolute atomic E-state index is 12.1. The maximum Gasteiger partial charge on any atom is 0.260 e. The van der Waals surface area contributed by atoms with Crippen LogP contribution in [0, 0.1) is 13.8 Å². The van der Waals surface area contributed by atoms with Gasteiger partial charge in [-0.25, -0.2) is 0 Å². The van der Waals surface area contributed by atoms with Crippen molar-refractivity contribution in [2.24, 2.45) is 0 Å². The number of rotatable bonds is 8. The molecular formula is C20H25NO4. The van der Waals surface area contributed by atoms with Crippen molar-refractivity contribution < 1.29 is 19.0 Å². The van der Waals surface area contributed by atoms with E-state index in [-0.39, 0.29) is 5.91 Å². The molecule has 0 saturated heterocycles. The average molecular weight is 343 g/mol. The minimum Gasteiger partial charge on any atom is -0.493 e. The molecule has 0 bridgehead atoms. The Morgan fingerprint density at radius 3 is 2.48 bits per heavy atom. The molecule has 5 nitrogen and oxygen atoms in total. The van der Waals surface area contributed by atoms with Gasteiger partial charge >= 0.3 is 0 Å². The van der Waals surface area contributed by atoms with Crippen molar-refractivity contribution >= 4 is 5.91 Å². The summed E-state index contributed by atoms with van der Waals surface area (Å²) < 4.78 is 16.6. The van der Waals surface area contributed by atoms with Gasteiger partial charge in [-0.1, -0.05) is 29.8 Å². The van der Waals surface area contributed by atoms with Crippen molar-refractivity contribution in [3.05, 3.63) is 53.6 Å². The Labute approximate surface area is 148 Å². The maximum atomic E-state index is 12.1. The van der Waals surface area contributed by atoms with Crippen molar-refractivity contribution in [3.8, 4) is 17.2 Å². The third-order valence-electron chi connectivity index (χ3n) is 3.73. The van der Waals surface area contributed by atoms with E-state index in [1.54, 1.807) is 14.0 Å². The number of ether oxygens (including phenoxy) is 3. The summed E-state index contributed by atoms with van der Waals surface area (Å²) in [6.45, 7) is 6.46. The van der Waals surface area contributed by atoms with Gasteiger partial charge in [0, 0.05) is 0 Å². The number of carbonyl (C=O) groups excluding carboxylic acids is 1. The topological polar surface area (TPSA) is 56.8 Å². The normalized spacial score (nSPS) is 11.5. The fourth-order valence-electron chi connectivity index (χ4n) is 2.39. The summed E-state index contributed by atoms with van der Waals surface area (Å²) in [6, 6.07) is 13.3. The molecule has 0 fully saturated rings. The van der Waals surface area contributed by atoms with Crippen LogP contribution in [0.15, 0.2) is 42.5 Å². The lowest BCUT2D eigenvalue weighted by molar-refractivity contribution is -0.127. The van der Waals surface area contributed by atoms with Gasteiger partial charge in [0.05, 0.1) is 13.7 Å². The van der Waals surface area contributed by atoms with Gasteiger partial charge in [-0.3, -0.25) is 4.79 Å². The highest BCUT2D eigenvalue weighted by Gasteiger charge is 2.15. The van der Waals surface area contributed by atoms with Crippen LogP contribution in [-0.4, -0.2) is 32.3 Å². The Hall–Kier alpha value is -2.69.